The highest BCUT2D eigenvalue weighted by molar-refractivity contribution is 7.89. The van der Waals surface area contributed by atoms with Gasteiger partial charge in [0.25, 0.3) is 0 Å². The van der Waals surface area contributed by atoms with Gasteiger partial charge in [-0.25, -0.2) is 8.42 Å². The second-order valence-electron chi connectivity index (χ2n) is 7.66. The number of piperidine rings is 1. The highest BCUT2D eigenvalue weighted by Gasteiger charge is 2.35. The van der Waals surface area contributed by atoms with Crippen molar-refractivity contribution in [2.45, 2.75) is 17.7 Å². The molecular weight excluding hydrogens is 386 g/mol. The molecule has 154 valence electrons. The van der Waals surface area contributed by atoms with Gasteiger partial charge in [-0.3, -0.25) is 4.79 Å². The molecule has 1 unspecified atom stereocenters. The third-order valence-electron chi connectivity index (χ3n) is 5.83. The summed E-state index contributed by atoms with van der Waals surface area (Å²) in [6.45, 7) is 3.70. The number of hydrogen-bond donors (Lipinski definition) is 0. The minimum Gasteiger partial charge on any atom is -0.368 e. The molecule has 2 aliphatic heterocycles. The van der Waals surface area contributed by atoms with E-state index in [-0.39, 0.29) is 18.4 Å². The second-order valence-corrected chi connectivity index (χ2v) is 9.60. The fraction of sp³-hybridized carbons (Fsp3) is 0.409. The molecule has 0 aromatic heterocycles. The minimum absolute atomic E-state index is 0.0886. The summed E-state index contributed by atoms with van der Waals surface area (Å²) >= 11 is 0. The lowest BCUT2D eigenvalue weighted by Crippen LogP contribution is -2.53. The molecule has 4 rings (SSSR count). The molecule has 2 aromatic carbocycles. The van der Waals surface area contributed by atoms with Crippen LogP contribution in [0.2, 0.25) is 0 Å². The van der Waals surface area contributed by atoms with Crippen LogP contribution in [0.1, 0.15) is 12.8 Å². The number of nitrogens with zero attached hydrogens (tertiary/aromatic N) is 3. The first-order valence-corrected chi connectivity index (χ1v) is 11.6. The summed E-state index contributed by atoms with van der Waals surface area (Å²) in [5.74, 6) is -0.170. The molecule has 1 atom stereocenters. The Labute approximate surface area is 172 Å². The van der Waals surface area contributed by atoms with Crippen LogP contribution in [-0.2, 0) is 14.8 Å². The van der Waals surface area contributed by atoms with Gasteiger partial charge in [-0.1, -0.05) is 36.4 Å². The molecule has 0 spiro atoms. The van der Waals surface area contributed by atoms with E-state index < -0.39 is 10.0 Å². The van der Waals surface area contributed by atoms with Crippen molar-refractivity contribution in [1.82, 2.24) is 9.21 Å². The molecule has 0 saturated carbocycles. The van der Waals surface area contributed by atoms with Crippen LogP contribution < -0.4 is 4.90 Å². The number of hydrogen-bond acceptors (Lipinski definition) is 4. The number of carbonyl (C=O) groups is 1. The van der Waals surface area contributed by atoms with Crippen molar-refractivity contribution in [3.05, 3.63) is 60.7 Å². The molecule has 6 nitrogen and oxygen atoms in total. The number of anilines is 1. The molecule has 7 heteroatoms. The van der Waals surface area contributed by atoms with Crippen LogP contribution in [0.25, 0.3) is 0 Å². The average molecular weight is 414 g/mol. The van der Waals surface area contributed by atoms with E-state index in [1.807, 2.05) is 23.1 Å². The number of benzene rings is 2. The van der Waals surface area contributed by atoms with E-state index >= 15 is 0 Å². The van der Waals surface area contributed by atoms with Crippen LogP contribution in [0.3, 0.4) is 0 Å². The van der Waals surface area contributed by atoms with Gasteiger partial charge in [0.1, 0.15) is 0 Å². The first-order valence-electron chi connectivity index (χ1n) is 10.2. The number of piperazine rings is 1. The van der Waals surface area contributed by atoms with Crippen LogP contribution in [0.5, 0.6) is 0 Å². The van der Waals surface area contributed by atoms with Gasteiger partial charge in [0.15, 0.2) is 0 Å². The van der Waals surface area contributed by atoms with Gasteiger partial charge < -0.3 is 9.80 Å². The van der Waals surface area contributed by atoms with Gasteiger partial charge >= 0.3 is 0 Å². The third kappa shape index (κ3) is 4.31. The van der Waals surface area contributed by atoms with Gasteiger partial charge in [0.05, 0.1) is 10.8 Å². The Morgan fingerprint density at radius 2 is 1.45 bits per heavy atom. The van der Waals surface area contributed by atoms with Crippen LogP contribution in [0.15, 0.2) is 65.6 Å². The summed E-state index contributed by atoms with van der Waals surface area (Å²) in [6.07, 6.45) is 1.46. The Bertz CT molecular complexity index is 926. The first kappa shape index (κ1) is 19.9. The van der Waals surface area contributed by atoms with Crippen molar-refractivity contribution < 1.29 is 13.2 Å². The molecule has 2 saturated heterocycles. The molecule has 1 amide bonds. The lowest BCUT2D eigenvalue weighted by Gasteiger charge is -2.39. The lowest BCUT2D eigenvalue weighted by atomic mass is 9.97. The van der Waals surface area contributed by atoms with Crippen molar-refractivity contribution in [3.63, 3.8) is 0 Å². The van der Waals surface area contributed by atoms with Gasteiger partial charge in [0, 0.05) is 45.0 Å². The number of para-hydroxylation sites is 1. The molecule has 0 radical (unpaired) electrons. The van der Waals surface area contributed by atoms with Crippen LogP contribution >= 0.6 is 0 Å². The molecule has 2 heterocycles. The fourth-order valence-corrected chi connectivity index (χ4v) is 5.73. The monoisotopic (exact) mass is 413 g/mol. The van der Waals surface area contributed by atoms with Gasteiger partial charge in [0.2, 0.25) is 15.9 Å². The second kappa shape index (κ2) is 8.55. The molecule has 2 aromatic rings. The van der Waals surface area contributed by atoms with Gasteiger partial charge in [-0.2, -0.15) is 4.31 Å². The first-order chi connectivity index (χ1) is 14.1. The molecule has 2 aliphatic rings. The molecule has 2 fully saturated rings. The van der Waals surface area contributed by atoms with Crippen molar-refractivity contribution in [2.24, 2.45) is 5.92 Å². The van der Waals surface area contributed by atoms with E-state index in [4.69, 9.17) is 0 Å². The number of amides is 1. The van der Waals surface area contributed by atoms with E-state index in [0.29, 0.717) is 31.0 Å². The SMILES string of the molecule is O=C(C1CCCN(S(=O)(=O)c2ccccc2)C1)N1CCN(c2ccccc2)CC1. The fourth-order valence-electron chi connectivity index (χ4n) is 4.19. The Kier molecular flexibility index (Phi) is 5.87. The minimum atomic E-state index is -3.55. The van der Waals surface area contributed by atoms with E-state index in [9.17, 15) is 13.2 Å². The Morgan fingerprint density at radius 3 is 2.10 bits per heavy atom. The zero-order valence-corrected chi connectivity index (χ0v) is 17.3. The third-order valence-corrected chi connectivity index (χ3v) is 7.71. The molecule has 29 heavy (non-hydrogen) atoms. The van der Waals surface area contributed by atoms with Crippen molar-refractivity contribution >= 4 is 21.6 Å². The van der Waals surface area contributed by atoms with Crippen molar-refractivity contribution in [3.8, 4) is 0 Å². The maximum absolute atomic E-state index is 13.1. The molecule has 0 N–H and O–H groups in total. The van der Waals surface area contributed by atoms with Crippen LogP contribution in [0.4, 0.5) is 5.69 Å². The highest BCUT2D eigenvalue weighted by atomic mass is 32.2. The molecular formula is C22H27N3O3S. The number of carbonyl (C=O) groups excluding carboxylic acids is 1. The normalized spacial score (nSPS) is 21.2. The van der Waals surface area contributed by atoms with Crippen molar-refractivity contribution in [1.29, 1.82) is 0 Å². The van der Waals surface area contributed by atoms with E-state index in [2.05, 4.69) is 17.0 Å². The zero-order valence-electron chi connectivity index (χ0n) is 16.5. The van der Waals surface area contributed by atoms with E-state index in [1.165, 1.54) is 9.99 Å². The average Bonchev–Trinajstić information content (AvgIpc) is 2.80. The van der Waals surface area contributed by atoms with Crippen LogP contribution in [-0.4, -0.2) is 62.8 Å². The summed E-state index contributed by atoms with van der Waals surface area (Å²) in [7, 11) is -3.55. The number of rotatable bonds is 4. The Balaban J connectivity index is 1.38. The lowest BCUT2D eigenvalue weighted by molar-refractivity contribution is -0.137. The smallest absolute Gasteiger partial charge is 0.243 e. The summed E-state index contributed by atoms with van der Waals surface area (Å²) in [4.78, 5) is 17.6. The van der Waals surface area contributed by atoms with Gasteiger partial charge in [-0.15, -0.1) is 0 Å². The molecule has 0 aliphatic carbocycles. The Morgan fingerprint density at radius 1 is 0.828 bits per heavy atom. The Hall–Kier alpha value is -2.38. The van der Waals surface area contributed by atoms with Crippen molar-refractivity contribution in [2.75, 3.05) is 44.2 Å². The predicted octanol–water partition coefficient (Wildman–Crippen LogP) is 2.44. The maximum Gasteiger partial charge on any atom is 0.243 e. The largest absolute Gasteiger partial charge is 0.368 e. The highest BCUT2D eigenvalue weighted by Crippen LogP contribution is 2.26. The standard InChI is InChI=1S/C22H27N3O3S/c26-22(24-16-14-23(15-17-24)20-9-3-1-4-10-20)19-8-7-13-25(18-19)29(27,28)21-11-5-2-6-12-21/h1-6,9-12,19H,7-8,13-18H2. The maximum atomic E-state index is 13.1. The molecule has 0 bridgehead atoms. The quantitative estimate of drug-likeness (QED) is 0.773. The predicted molar refractivity (Wildman–Crippen MR) is 113 cm³/mol. The van der Waals surface area contributed by atoms with Gasteiger partial charge in [-0.05, 0) is 37.1 Å². The summed E-state index contributed by atoms with van der Waals surface area (Å²) in [5, 5.41) is 0. The van der Waals surface area contributed by atoms with E-state index in [1.54, 1.807) is 30.3 Å². The summed E-state index contributed by atoms with van der Waals surface area (Å²) < 4.78 is 27.3. The van der Waals surface area contributed by atoms with Crippen LogP contribution in [0, 0.1) is 5.92 Å². The summed E-state index contributed by atoms with van der Waals surface area (Å²) in [5.41, 5.74) is 1.18. The topological polar surface area (TPSA) is 60.9 Å². The van der Waals surface area contributed by atoms with E-state index in [0.717, 1.165) is 19.5 Å². The summed E-state index contributed by atoms with van der Waals surface area (Å²) in [6, 6.07) is 18.7. The number of sulfonamides is 1. The zero-order chi connectivity index (χ0) is 20.3.